The second kappa shape index (κ2) is 7.30. The third-order valence-corrected chi connectivity index (χ3v) is 5.74. The number of benzene rings is 2. The fourth-order valence-electron chi connectivity index (χ4n) is 3.96. The maximum Gasteiger partial charge on any atom is 0.231 e. The summed E-state index contributed by atoms with van der Waals surface area (Å²) in [7, 11) is 1.63. The number of halogens is 1. The van der Waals surface area contributed by atoms with Crippen LogP contribution in [0.2, 0.25) is 0 Å². The number of rotatable bonds is 6. The number of hydrogen-bond acceptors (Lipinski definition) is 2. The van der Waals surface area contributed by atoms with Gasteiger partial charge in [0.25, 0.3) is 0 Å². The van der Waals surface area contributed by atoms with Crippen molar-refractivity contribution in [2.75, 3.05) is 12.0 Å². The van der Waals surface area contributed by atoms with Gasteiger partial charge in [-0.1, -0.05) is 0 Å². The average molecular weight is 380 g/mol. The minimum absolute atomic E-state index is 0.0258. The van der Waals surface area contributed by atoms with Crippen molar-refractivity contribution in [3.63, 3.8) is 0 Å². The predicted octanol–water partition coefficient (Wildman–Crippen LogP) is 5.00. The molecule has 0 radical (unpaired) electrons. The minimum atomic E-state index is -0.293. The fraction of sp³-hybridized carbons (Fsp3) is 0.348. The zero-order valence-electron chi connectivity index (χ0n) is 16.5. The third-order valence-electron chi connectivity index (χ3n) is 5.74. The summed E-state index contributed by atoms with van der Waals surface area (Å²) in [4.78, 5) is 18.6. The highest BCUT2D eigenvalue weighted by atomic mass is 19.1. The molecule has 0 aliphatic heterocycles. The lowest BCUT2D eigenvalue weighted by molar-refractivity contribution is -0.118. The summed E-state index contributed by atoms with van der Waals surface area (Å²) in [6.07, 6.45) is 2.54. The summed E-state index contributed by atoms with van der Waals surface area (Å²) < 4.78 is 19.0. The second-order valence-electron chi connectivity index (χ2n) is 7.64. The number of anilines is 1. The van der Waals surface area contributed by atoms with E-state index in [0.717, 1.165) is 46.4 Å². The summed E-state index contributed by atoms with van der Waals surface area (Å²) in [5.74, 6) is 1.03. The van der Waals surface area contributed by atoms with E-state index in [9.17, 15) is 9.18 Å². The first-order valence-electron chi connectivity index (χ1n) is 9.70. The normalized spacial score (nSPS) is 14.9. The highest BCUT2D eigenvalue weighted by Crippen LogP contribution is 2.38. The van der Waals surface area contributed by atoms with E-state index in [0.29, 0.717) is 5.92 Å². The van der Waals surface area contributed by atoms with Crippen LogP contribution in [0.5, 0.6) is 5.75 Å². The Morgan fingerprint density at radius 1 is 1.25 bits per heavy atom. The standard InChI is InChI=1S/C23H25FN2O2/c1-14-20(21-12-17(24)6-11-22(21)25-14)13-23(27)26(15(2)16-4-5-16)18-7-9-19(28-3)10-8-18/h6-12,15-16,25H,4-5,13H2,1-3H3. The SMILES string of the molecule is COc1ccc(N(C(=O)Cc2c(C)[nH]c3ccc(F)cc23)C(C)C2CC2)cc1. The molecule has 1 amide bonds. The van der Waals surface area contributed by atoms with Crippen LogP contribution in [-0.2, 0) is 11.2 Å². The zero-order valence-corrected chi connectivity index (χ0v) is 16.5. The average Bonchev–Trinajstić information content (AvgIpc) is 3.49. The van der Waals surface area contributed by atoms with Crippen LogP contribution in [0.15, 0.2) is 42.5 Å². The quantitative estimate of drug-likeness (QED) is 0.654. The summed E-state index contributed by atoms with van der Waals surface area (Å²) in [6.45, 7) is 4.05. The Labute approximate surface area is 164 Å². The molecule has 0 bridgehead atoms. The number of fused-ring (bicyclic) bond motifs is 1. The Morgan fingerprint density at radius 2 is 1.96 bits per heavy atom. The Bertz CT molecular complexity index is 1010. The topological polar surface area (TPSA) is 45.3 Å². The van der Waals surface area contributed by atoms with Crippen LogP contribution in [0.4, 0.5) is 10.1 Å². The number of aromatic nitrogens is 1. The lowest BCUT2D eigenvalue weighted by Gasteiger charge is -2.30. The molecule has 1 fully saturated rings. The van der Waals surface area contributed by atoms with Crippen molar-refractivity contribution >= 4 is 22.5 Å². The maximum absolute atomic E-state index is 13.8. The van der Waals surface area contributed by atoms with Crippen molar-refractivity contribution in [2.45, 2.75) is 39.2 Å². The van der Waals surface area contributed by atoms with E-state index in [4.69, 9.17) is 4.74 Å². The molecule has 5 heteroatoms. The molecule has 1 N–H and O–H groups in total. The molecule has 1 saturated carbocycles. The maximum atomic E-state index is 13.8. The van der Waals surface area contributed by atoms with E-state index in [1.165, 1.54) is 12.1 Å². The van der Waals surface area contributed by atoms with Crippen molar-refractivity contribution in [1.82, 2.24) is 4.98 Å². The zero-order chi connectivity index (χ0) is 19.8. The van der Waals surface area contributed by atoms with Crippen LogP contribution >= 0.6 is 0 Å². The van der Waals surface area contributed by atoms with E-state index in [2.05, 4.69) is 11.9 Å². The molecule has 1 atom stereocenters. The van der Waals surface area contributed by atoms with E-state index in [1.807, 2.05) is 36.1 Å². The largest absolute Gasteiger partial charge is 0.497 e. The van der Waals surface area contributed by atoms with Gasteiger partial charge in [-0.2, -0.15) is 0 Å². The molecule has 3 aromatic rings. The molecule has 146 valence electrons. The molecule has 4 rings (SSSR count). The number of hydrogen-bond donors (Lipinski definition) is 1. The summed E-state index contributed by atoms with van der Waals surface area (Å²) in [5.41, 5.74) is 3.49. The van der Waals surface area contributed by atoms with E-state index >= 15 is 0 Å². The molecule has 1 aliphatic rings. The first kappa shape index (κ1) is 18.5. The molecule has 0 spiro atoms. The molecule has 28 heavy (non-hydrogen) atoms. The number of nitrogens with one attached hydrogen (secondary N) is 1. The highest BCUT2D eigenvalue weighted by molar-refractivity contribution is 5.98. The highest BCUT2D eigenvalue weighted by Gasteiger charge is 2.35. The molecular formula is C23H25FN2O2. The third kappa shape index (κ3) is 3.49. The van der Waals surface area contributed by atoms with Crippen molar-refractivity contribution in [3.05, 3.63) is 59.5 Å². The van der Waals surface area contributed by atoms with E-state index < -0.39 is 0 Å². The number of carbonyl (C=O) groups excluding carboxylic acids is 1. The molecule has 1 aliphatic carbocycles. The van der Waals surface area contributed by atoms with Gasteiger partial charge in [0.2, 0.25) is 5.91 Å². The molecule has 1 heterocycles. The smallest absolute Gasteiger partial charge is 0.231 e. The lowest BCUT2D eigenvalue weighted by atomic mass is 10.0. The number of nitrogens with zero attached hydrogens (tertiary/aromatic N) is 1. The van der Waals surface area contributed by atoms with Crippen LogP contribution < -0.4 is 9.64 Å². The van der Waals surface area contributed by atoms with E-state index in [1.54, 1.807) is 13.2 Å². The number of aryl methyl sites for hydroxylation is 1. The first-order valence-corrected chi connectivity index (χ1v) is 9.70. The number of ether oxygens (including phenoxy) is 1. The Kier molecular flexibility index (Phi) is 4.84. The monoisotopic (exact) mass is 380 g/mol. The van der Waals surface area contributed by atoms with Gasteiger partial charge in [0.05, 0.1) is 13.5 Å². The molecule has 0 saturated heterocycles. The van der Waals surface area contributed by atoms with Gasteiger partial charge in [-0.25, -0.2) is 4.39 Å². The number of carbonyl (C=O) groups is 1. The minimum Gasteiger partial charge on any atom is -0.497 e. The first-order chi connectivity index (χ1) is 13.5. The van der Waals surface area contributed by atoms with Crippen LogP contribution in [0, 0.1) is 18.7 Å². The van der Waals surface area contributed by atoms with Gasteiger partial charge in [-0.3, -0.25) is 4.79 Å². The second-order valence-corrected chi connectivity index (χ2v) is 7.64. The molecule has 2 aromatic carbocycles. The van der Waals surface area contributed by atoms with Crippen molar-refractivity contribution in [1.29, 1.82) is 0 Å². The van der Waals surface area contributed by atoms with Gasteiger partial charge in [0.1, 0.15) is 11.6 Å². The van der Waals surface area contributed by atoms with Crippen LogP contribution in [0.1, 0.15) is 31.0 Å². The lowest BCUT2D eigenvalue weighted by Crippen LogP contribution is -2.41. The number of amides is 1. The van der Waals surface area contributed by atoms with Crippen LogP contribution in [-0.4, -0.2) is 24.0 Å². The van der Waals surface area contributed by atoms with Gasteiger partial charge in [0, 0.05) is 28.3 Å². The predicted molar refractivity (Wildman–Crippen MR) is 109 cm³/mol. The Hall–Kier alpha value is -2.82. The van der Waals surface area contributed by atoms with Gasteiger partial charge in [-0.05, 0) is 80.6 Å². The van der Waals surface area contributed by atoms with Crippen molar-refractivity contribution in [2.24, 2.45) is 5.92 Å². The van der Waals surface area contributed by atoms with Crippen molar-refractivity contribution in [3.8, 4) is 5.75 Å². The Balaban J connectivity index is 1.67. The Morgan fingerprint density at radius 3 is 2.61 bits per heavy atom. The van der Waals surface area contributed by atoms with Gasteiger partial charge < -0.3 is 14.6 Å². The molecular weight excluding hydrogens is 355 g/mol. The summed E-state index contributed by atoms with van der Waals surface area (Å²) >= 11 is 0. The fourth-order valence-corrected chi connectivity index (χ4v) is 3.96. The molecule has 1 aromatic heterocycles. The van der Waals surface area contributed by atoms with Gasteiger partial charge in [0.15, 0.2) is 0 Å². The molecule has 4 nitrogen and oxygen atoms in total. The number of methoxy groups -OCH3 is 1. The summed E-state index contributed by atoms with van der Waals surface area (Å²) in [6, 6.07) is 12.4. The molecule has 1 unspecified atom stereocenters. The van der Waals surface area contributed by atoms with Gasteiger partial charge in [-0.15, -0.1) is 0 Å². The van der Waals surface area contributed by atoms with Crippen LogP contribution in [0.25, 0.3) is 10.9 Å². The van der Waals surface area contributed by atoms with E-state index in [-0.39, 0.29) is 24.2 Å². The summed E-state index contributed by atoms with van der Waals surface area (Å²) in [5, 5.41) is 0.777. The van der Waals surface area contributed by atoms with Gasteiger partial charge >= 0.3 is 0 Å². The van der Waals surface area contributed by atoms with Crippen molar-refractivity contribution < 1.29 is 13.9 Å². The number of aromatic amines is 1. The number of H-pyrrole nitrogens is 1. The van der Waals surface area contributed by atoms with Crippen LogP contribution in [0.3, 0.4) is 0 Å².